The van der Waals surface area contributed by atoms with Crippen molar-refractivity contribution < 1.29 is 23.1 Å². The first-order valence-corrected chi connectivity index (χ1v) is 5.93. The molecule has 1 unspecified atom stereocenters. The molecule has 1 saturated heterocycles. The molecule has 8 heteroatoms. The van der Waals surface area contributed by atoms with Gasteiger partial charge in [0.2, 0.25) is 0 Å². The number of carboxylic acids is 1. The molecule has 0 spiro atoms. The molecule has 1 N–H and O–H groups in total. The van der Waals surface area contributed by atoms with Gasteiger partial charge in [-0.05, 0) is 13.8 Å². The highest BCUT2D eigenvalue weighted by molar-refractivity contribution is 7.94. The summed E-state index contributed by atoms with van der Waals surface area (Å²) in [5.74, 6) is -1.99. The number of amides is 1. The lowest BCUT2D eigenvalue weighted by molar-refractivity contribution is -0.137. The molecule has 1 heterocycles. The van der Waals surface area contributed by atoms with Crippen LogP contribution >= 0.6 is 11.6 Å². The molecule has 0 bridgehead atoms. The minimum Gasteiger partial charge on any atom is -0.480 e. The van der Waals surface area contributed by atoms with E-state index in [0.29, 0.717) is 4.31 Å². The Balaban J connectivity index is 2.85. The van der Waals surface area contributed by atoms with Gasteiger partial charge in [0.05, 0.1) is 6.54 Å². The number of halogens is 1. The van der Waals surface area contributed by atoms with E-state index in [1.165, 1.54) is 13.8 Å². The van der Waals surface area contributed by atoms with Crippen molar-refractivity contribution in [2.45, 2.75) is 24.0 Å². The minimum atomic E-state index is -3.74. The van der Waals surface area contributed by atoms with Gasteiger partial charge in [0.25, 0.3) is 15.9 Å². The summed E-state index contributed by atoms with van der Waals surface area (Å²) >= 11 is 5.35. The second-order valence-electron chi connectivity index (χ2n) is 3.66. The van der Waals surface area contributed by atoms with Crippen molar-refractivity contribution in [3.05, 3.63) is 0 Å². The Morgan fingerprint density at radius 3 is 2.40 bits per heavy atom. The standard InChI is InChI=1S/C7H10ClNO5S/c1-7(2)6(12)9(15(7,13)14)3-4(8)5(10)11/h4H,3H2,1-2H3,(H,10,11). The summed E-state index contributed by atoms with van der Waals surface area (Å²) in [7, 11) is -3.74. The molecule has 15 heavy (non-hydrogen) atoms. The number of sulfonamides is 1. The van der Waals surface area contributed by atoms with E-state index in [9.17, 15) is 18.0 Å². The molecular formula is C7H10ClNO5S. The largest absolute Gasteiger partial charge is 0.480 e. The molecule has 0 aromatic heterocycles. The van der Waals surface area contributed by atoms with E-state index in [1.807, 2.05) is 0 Å². The van der Waals surface area contributed by atoms with Crippen LogP contribution in [0.2, 0.25) is 0 Å². The summed E-state index contributed by atoms with van der Waals surface area (Å²) in [6.07, 6.45) is 0. The number of alkyl halides is 1. The molecule has 1 atom stereocenters. The highest BCUT2D eigenvalue weighted by Gasteiger charge is 2.60. The number of carbonyl (C=O) groups excluding carboxylic acids is 1. The first-order chi connectivity index (χ1) is 6.62. The first kappa shape index (κ1) is 12.3. The summed E-state index contributed by atoms with van der Waals surface area (Å²) in [6.45, 7) is 2.01. The van der Waals surface area contributed by atoms with Gasteiger partial charge in [-0.3, -0.25) is 9.59 Å². The van der Waals surface area contributed by atoms with Gasteiger partial charge in [-0.2, -0.15) is 0 Å². The number of carboxylic acid groups (broad SMARTS) is 1. The van der Waals surface area contributed by atoms with Gasteiger partial charge in [0, 0.05) is 0 Å². The molecule has 0 radical (unpaired) electrons. The van der Waals surface area contributed by atoms with Crippen molar-refractivity contribution in [1.82, 2.24) is 4.31 Å². The summed E-state index contributed by atoms with van der Waals surface area (Å²) in [6, 6.07) is 0. The zero-order valence-corrected chi connectivity index (χ0v) is 9.67. The maximum absolute atomic E-state index is 11.5. The number of rotatable bonds is 3. The summed E-state index contributed by atoms with van der Waals surface area (Å²) in [4.78, 5) is 21.7. The molecule has 6 nitrogen and oxygen atoms in total. The number of hydrogen-bond acceptors (Lipinski definition) is 4. The van der Waals surface area contributed by atoms with Gasteiger partial charge >= 0.3 is 5.97 Å². The van der Waals surface area contributed by atoms with E-state index in [-0.39, 0.29) is 0 Å². The average molecular weight is 256 g/mol. The highest BCUT2D eigenvalue weighted by Crippen LogP contribution is 2.35. The van der Waals surface area contributed by atoms with E-state index in [1.54, 1.807) is 0 Å². The lowest BCUT2D eigenvalue weighted by atomic mass is 10.2. The van der Waals surface area contributed by atoms with Crippen LogP contribution in [0.1, 0.15) is 13.8 Å². The maximum Gasteiger partial charge on any atom is 0.323 e. The molecule has 86 valence electrons. The number of aliphatic carboxylic acids is 1. The van der Waals surface area contributed by atoms with Crippen LogP contribution in [0.5, 0.6) is 0 Å². The van der Waals surface area contributed by atoms with Gasteiger partial charge in [-0.1, -0.05) is 0 Å². The van der Waals surface area contributed by atoms with Crippen LogP contribution in [0, 0.1) is 0 Å². The molecule has 1 fully saturated rings. The predicted molar refractivity (Wildman–Crippen MR) is 52.0 cm³/mol. The second kappa shape index (κ2) is 3.34. The van der Waals surface area contributed by atoms with Gasteiger partial charge in [0.1, 0.15) is 5.38 Å². The third-order valence-electron chi connectivity index (χ3n) is 2.27. The number of hydrogen-bond donors (Lipinski definition) is 1. The van der Waals surface area contributed by atoms with Crippen LogP contribution < -0.4 is 0 Å². The topological polar surface area (TPSA) is 91.8 Å². The zero-order chi connectivity index (χ0) is 12.0. The first-order valence-electron chi connectivity index (χ1n) is 4.06. The van der Waals surface area contributed by atoms with Crippen molar-refractivity contribution in [2.24, 2.45) is 0 Å². The molecule has 1 amide bonds. The van der Waals surface area contributed by atoms with E-state index < -0.39 is 38.6 Å². The quantitative estimate of drug-likeness (QED) is 0.695. The SMILES string of the molecule is CC1(C)C(=O)N(CC(Cl)C(=O)O)S1(=O)=O. The minimum absolute atomic E-state index is 0.499. The van der Waals surface area contributed by atoms with Crippen LogP contribution in [0.3, 0.4) is 0 Å². The lowest BCUT2D eigenvalue weighted by Crippen LogP contribution is -2.68. The van der Waals surface area contributed by atoms with Crippen LogP contribution in [0.4, 0.5) is 0 Å². The van der Waals surface area contributed by atoms with Crippen molar-refractivity contribution in [1.29, 1.82) is 0 Å². The Bertz CT molecular complexity index is 415. The van der Waals surface area contributed by atoms with E-state index in [2.05, 4.69) is 0 Å². The number of carbonyl (C=O) groups is 2. The van der Waals surface area contributed by atoms with Crippen LogP contribution in [-0.4, -0.2) is 46.4 Å². The Morgan fingerprint density at radius 1 is 1.60 bits per heavy atom. The fraction of sp³-hybridized carbons (Fsp3) is 0.714. The third-order valence-corrected chi connectivity index (χ3v) is 4.95. The Kier molecular flexibility index (Phi) is 2.73. The van der Waals surface area contributed by atoms with Crippen LogP contribution in [0.15, 0.2) is 0 Å². The lowest BCUT2D eigenvalue weighted by Gasteiger charge is -2.43. The molecule has 1 rings (SSSR count). The molecule has 0 aromatic carbocycles. The van der Waals surface area contributed by atoms with Crippen molar-refractivity contribution in [3.63, 3.8) is 0 Å². The molecule has 0 saturated carbocycles. The summed E-state index contributed by atoms with van der Waals surface area (Å²) < 4.78 is 22.0. The summed E-state index contributed by atoms with van der Waals surface area (Å²) in [5.41, 5.74) is 0. The monoisotopic (exact) mass is 255 g/mol. The normalized spacial score (nSPS) is 24.5. The van der Waals surface area contributed by atoms with Crippen molar-refractivity contribution in [3.8, 4) is 0 Å². The van der Waals surface area contributed by atoms with E-state index in [4.69, 9.17) is 16.7 Å². The molecule has 1 aliphatic heterocycles. The summed E-state index contributed by atoms with van der Waals surface area (Å²) in [5, 5.41) is 7.06. The Morgan fingerprint density at radius 2 is 2.07 bits per heavy atom. The van der Waals surface area contributed by atoms with Crippen molar-refractivity contribution >= 4 is 33.5 Å². The molecule has 0 aromatic rings. The highest BCUT2D eigenvalue weighted by atomic mass is 35.5. The second-order valence-corrected chi connectivity index (χ2v) is 6.60. The van der Waals surface area contributed by atoms with Crippen LogP contribution in [-0.2, 0) is 19.6 Å². The number of nitrogens with zero attached hydrogens (tertiary/aromatic N) is 1. The Hall–Kier alpha value is -0.820. The third kappa shape index (κ3) is 1.59. The van der Waals surface area contributed by atoms with Gasteiger partial charge in [-0.25, -0.2) is 12.7 Å². The molecule has 0 aliphatic carbocycles. The smallest absolute Gasteiger partial charge is 0.323 e. The fourth-order valence-electron chi connectivity index (χ4n) is 1.16. The zero-order valence-electron chi connectivity index (χ0n) is 8.10. The predicted octanol–water partition coefficient (Wildman–Crippen LogP) is -0.371. The van der Waals surface area contributed by atoms with Gasteiger partial charge in [-0.15, -0.1) is 11.6 Å². The molecular weight excluding hydrogens is 246 g/mol. The Labute approximate surface area is 91.9 Å². The fourth-order valence-corrected chi connectivity index (χ4v) is 2.92. The maximum atomic E-state index is 11.5. The van der Waals surface area contributed by atoms with Crippen molar-refractivity contribution in [2.75, 3.05) is 6.54 Å². The van der Waals surface area contributed by atoms with Crippen LogP contribution in [0.25, 0.3) is 0 Å². The van der Waals surface area contributed by atoms with Gasteiger partial charge < -0.3 is 5.11 Å². The van der Waals surface area contributed by atoms with E-state index >= 15 is 0 Å². The van der Waals surface area contributed by atoms with E-state index in [0.717, 1.165) is 0 Å². The average Bonchev–Trinajstić information content (AvgIpc) is 2.11. The van der Waals surface area contributed by atoms with Gasteiger partial charge in [0.15, 0.2) is 4.75 Å². The molecule has 1 aliphatic rings.